The number of nitrogens with zero attached hydrogens (tertiary/aromatic N) is 3. The molecule has 17 heavy (non-hydrogen) atoms. The zero-order chi connectivity index (χ0) is 12.2. The molecule has 2 saturated heterocycles. The van der Waals surface area contributed by atoms with Gasteiger partial charge in [0.15, 0.2) is 0 Å². The molecule has 0 aromatic carbocycles. The van der Waals surface area contributed by atoms with Crippen LogP contribution in [0, 0.1) is 26.7 Å². The highest BCUT2D eigenvalue weighted by molar-refractivity contribution is 6.24. The fraction of sp³-hybridized carbons (Fsp3) is 0.692. The number of hydrogen-bond donors (Lipinski definition) is 0. The number of halogens is 1. The van der Waals surface area contributed by atoms with Crippen molar-refractivity contribution in [2.24, 2.45) is 5.92 Å². The van der Waals surface area contributed by atoms with E-state index in [1.54, 1.807) is 0 Å². The summed E-state index contributed by atoms with van der Waals surface area (Å²) in [6.45, 7) is 9.29. The molecule has 0 aliphatic carbocycles. The lowest BCUT2D eigenvalue weighted by molar-refractivity contribution is 0.319. The lowest BCUT2D eigenvalue weighted by Crippen LogP contribution is -2.36. The van der Waals surface area contributed by atoms with Crippen molar-refractivity contribution in [2.45, 2.75) is 32.1 Å². The van der Waals surface area contributed by atoms with E-state index in [1.165, 1.54) is 13.0 Å². The van der Waals surface area contributed by atoms with Gasteiger partial charge in [-0.15, -0.1) is 11.6 Å². The van der Waals surface area contributed by atoms with Crippen LogP contribution in [0.1, 0.15) is 29.2 Å². The molecule has 2 fully saturated rings. The maximum absolute atomic E-state index is 6.88. The van der Waals surface area contributed by atoms with Crippen LogP contribution in [-0.2, 0) is 4.87 Å². The van der Waals surface area contributed by atoms with Crippen molar-refractivity contribution in [1.82, 2.24) is 14.9 Å². The quantitative estimate of drug-likeness (QED) is 0.717. The fourth-order valence-corrected chi connectivity index (χ4v) is 3.71. The Balaban J connectivity index is 2.07. The lowest BCUT2D eigenvalue weighted by Gasteiger charge is -2.31. The molecule has 3 unspecified atom stereocenters. The predicted octanol–water partition coefficient (Wildman–Crippen LogP) is 2.17. The number of fused-ring (bicyclic) bond motifs is 2. The molecule has 1 aromatic rings. The van der Waals surface area contributed by atoms with Gasteiger partial charge >= 0.3 is 0 Å². The average Bonchev–Trinajstić information content (AvgIpc) is 2.83. The third-order valence-corrected chi connectivity index (χ3v) is 4.86. The predicted molar refractivity (Wildman–Crippen MR) is 68.3 cm³/mol. The maximum atomic E-state index is 6.88. The monoisotopic (exact) mass is 251 g/mol. The van der Waals surface area contributed by atoms with Gasteiger partial charge in [0.25, 0.3) is 0 Å². The highest BCUT2D eigenvalue weighted by Gasteiger charge is 2.51. The number of hydrogen-bond acceptors (Lipinski definition) is 3. The summed E-state index contributed by atoms with van der Waals surface area (Å²) in [5, 5.41) is 0. The lowest BCUT2D eigenvalue weighted by atomic mass is 9.87. The highest BCUT2D eigenvalue weighted by Crippen LogP contribution is 2.48. The largest absolute Gasteiger partial charge is 0.301 e. The minimum absolute atomic E-state index is 0.298. The minimum atomic E-state index is -0.298. The summed E-state index contributed by atoms with van der Waals surface area (Å²) >= 11 is 6.88. The third-order valence-electron chi connectivity index (χ3n) is 4.25. The Kier molecular flexibility index (Phi) is 2.46. The van der Waals surface area contributed by atoms with Crippen molar-refractivity contribution in [2.75, 3.05) is 19.6 Å². The second-order valence-electron chi connectivity index (χ2n) is 5.41. The zero-order valence-corrected chi connectivity index (χ0v) is 11.4. The van der Waals surface area contributed by atoms with Crippen molar-refractivity contribution in [1.29, 1.82) is 0 Å². The van der Waals surface area contributed by atoms with E-state index in [0.29, 0.717) is 5.92 Å². The van der Waals surface area contributed by atoms with Crippen molar-refractivity contribution in [3.63, 3.8) is 0 Å². The van der Waals surface area contributed by atoms with Crippen molar-refractivity contribution in [3.8, 4) is 0 Å². The maximum Gasteiger partial charge on any atom is 0.105 e. The van der Waals surface area contributed by atoms with E-state index >= 15 is 0 Å². The van der Waals surface area contributed by atoms with E-state index in [2.05, 4.69) is 9.88 Å². The summed E-state index contributed by atoms with van der Waals surface area (Å²) in [6, 6.07) is 0. The molecule has 2 aliphatic heterocycles. The summed E-state index contributed by atoms with van der Waals surface area (Å²) in [5.41, 5.74) is 4.02. The molecule has 92 valence electrons. The van der Waals surface area contributed by atoms with Crippen molar-refractivity contribution in [3.05, 3.63) is 22.8 Å². The van der Waals surface area contributed by atoms with Gasteiger partial charge in [0.05, 0.1) is 22.8 Å². The molecule has 4 heteroatoms. The van der Waals surface area contributed by atoms with E-state index in [-0.39, 0.29) is 4.87 Å². The smallest absolute Gasteiger partial charge is 0.105 e. The molecule has 3 atom stereocenters. The summed E-state index contributed by atoms with van der Waals surface area (Å²) in [5.74, 6) is 0.541. The van der Waals surface area contributed by atoms with Crippen LogP contribution in [0.25, 0.3) is 0 Å². The van der Waals surface area contributed by atoms with E-state index < -0.39 is 0 Å². The second-order valence-corrected chi connectivity index (χ2v) is 6.09. The molecule has 3 rings (SSSR count). The van der Waals surface area contributed by atoms with E-state index in [9.17, 15) is 0 Å². The molecule has 3 heterocycles. The van der Waals surface area contributed by atoms with Crippen LogP contribution in [-0.4, -0.2) is 34.5 Å². The first-order valence-electron chi connectivity index (χ1n) is 6.24. The Morgan fingerprint density at radius 2 is 1.88 bits per heavy atom. The fourth-order valence-electron chi connectivity index (χ4n) is 3.18. The molecule has 0 saturated carbocycles. The van der Waals surface area contributed by atoms with Gasteiger partial charge in [0, 0.05) is 13.1 Å². The van der Waals surface area contributed by atoms with Gasteiger partial charge in [0.1, 0.15) is 4.87 Å². The Hall–Kier alpha value is -0.670. The minimum Gasteiger partial charge on any atom is -0.301 e. The zero-order valence-electron chi connectivity index (χ0n) is 10.6. The Bertz CT molecular complexity index is 474. The van der Waals surface area contributed by atoms with E-state index in [4.69, 9.17) is 16.6 Å². The van der Waals surface area contributed by atoms with E-state index in [1.807, 2.05) is 20.8 Å². The summed E-state index contributed by atoms with van der Waals surface area (Å²) in [4.78, 5) is 11.4. The first-order chi connectivity index (χ1) is 8.00. The van der Waals surface area contributed by atoms with Crippen LogP contribution in [0.5, 0.6) is 0 Å². The molecule has 0 N–H and O–H groups in total. The number of aromatic nitrogens is 2. The van der Waals surface area contributed by atoms with Crippen LogP contribution < -0.4 is 0 Å². The number of alkyl halides is 1. The highest BCUT2D eigenvalue weighted by atomic mass is 35.5. The standard InChI is InChI=1S/C13H18ClN3/c1-8-9(2)16-12(10(3)15-8)13(14)7-17-5-4-11(13)6-17/h11H,4-7H2,1-3H3. The first-order valence-corrected chi connectivity index (χ1v) is 6.62. The van der Waals surface area contributed by atoms with Crippen LogP contribution in [0.4, 0.5) is 0 Å². The molecule has 2 aliphatic rings. The Labute approximate surface area is 107 Å². The Morgan fingerprint density at radius 1 is 1.18 bits per heavy atom. The molecule has 1 aromatic heterocycles. The van der Waals surface area contributed by atoms with Gasteiger partial charge in [-0.2, -0.15) is 0 Å². The summed E-state index contributed by atoms with van der Waals surface area (Å²) in [7, 11) is 0. The van der Waals surface area contributed by atoms with Crippen molar-refractivity contribution >= 4 is 11.6 Å². The average molecular weight is 252 g/mol. The SMILES string of the molecule is Cc1nc(C)c(C2(Cl)CN3CCC2C3)nc1C. The molecule has 2 bridgehead atoms. The molecular weight excluding hydrogens is 234 g/mol. The van der Waals surface area contributed by atoms with Gasteiger partial charge in [-0.3, -0.25) is 9.97 Å². The number of aryl methyl sites for hydroxylation is 3. The van der Waals surface area contributed by atoms with Gasteiger partial charge in [-0.1, -0.05) is 0 Å². The van der Waals surface area contributed by atoms with E-state index in [0.717, 1.165) is 35.9 Å². The van der Waals surface area contributed by atoms with Crippen molar-refractivity contribution < 1.29 is 0 Å². The summed E-state index contributed by atoms with van der Waals surface area (Å²) in [6.07, 6.45) is 1.19. The normalized spacial score (nSPS) is 35.5. The number of rotatable bonds is 1. The van der Waals surface area contributed by atoms with Gasteiger partial charge in [-0.25, -0.2) is 0 Å². The molecular formula is C13H18ClN3. The topological polar surface area (TPSA) is 29.0 Å². The summed E-state index contributed by atoms with van der Waals surface area (Å²) < 4.78 is 0. The van der Waals surface area contributed by atoms with Gasteiger partial charge in [-0.05, 0) is 39.7 Å². The second kappa shape index (κ2) is 3.66. The molecule has 0 spiro atoms. The van der Waals surface area contributed by atoms with Crippen LogP contribution in [0.3, 0.4) is 0 Å². The van der Waals surface area contributed by atoms with Crippen LogP contribution in [0.15, 0.2) is 0 Å². The Morgan fingerprint density at radius 3 is 2.47 bits per heavy atom. The third kappa shape index (κ3) is 1.59. The van der Waals surface area contributed by atoms with Crippen LogP contribution >= 0.6 is 11.6 Å². The first kappa shape index (κ1) is 11.4. The van der Waals surface area contributed by atoms with Gasteiger partial charge in [0.2, 0.25) is 0 Å². The number of piperidine rings is 1. The van der Waals surface area contributed by atoms with Gasteiger partial charge < -0.3 is 4.90 Å². The van der Waals surface area contributed by atoms with Crippen LogP contribution in [0.2, 0.25) is 0 Å². The molecule has 0 radical (unpaired) electrons. The molecule has 3 nitrogen and oxygen atoms in total. The molecule has 0 amide bonds.